The summed E-state index contributed by atoms with van der Waals surface area (Å²) in [5.41, 5.74) is 1.57. The normalized spacial score (nSPS) is 16.3. The van der Waals surface area contributed by atoms with Crippen molar-refractivity contribution in [2.24, 2.45) is 0 Å². The average Bonchev–Trinajstić information content (AvgIpc) is 3.17. The van der Waals surface area contributed by atoms with Crippen LogP contribution in [-0.4, -0.2) is 58.4 Å². The average molecular weight is 438 g/mol. The number of amides is 1. The second kappa shape index (κ2) is 9.56. The van der Waals surface area contributed by atoms with E-state index in [1.807, 2.05) is 58.2 Å². The molecule has 1 fully saturated rings. The minimum Gasteiger partial charge on any atom is -0.474 e. The smallest absolute Gasteiger partial charge is 0.253 e. The predicted octanol–water partition coefficient (Wildman–Crippen LogP) is 4.44. The lowest BCUT2D eigenvalue weighted by molar-refractivity contribution is -0.000184. The number of hydrogen-bond acceptors (Lipinski definition) is 6. The molecule has 1 amide bonds. The van der Waals surface area contributed by atoms with Crippen LogP contribution >= 0.6 is 0 Å². The standard InChI is InChI=1S/C24H31N5O3/c1-15(2)32-23-20-9-8-17(24(30)29(4)14-19-7-5-6-10-31-19)12-18(20)13-21(26-23)25-22-11-16(3)27-28-22/h8-9,11-13,15,19H,5-7,10,14H2,1-4H3,(H2,25,26,27,28). The molecule has 0 radical (unpaired) electrons. The van der Waals surface area contributed by atoms with Gasteiger partial charge in [-0.1, -0.05) is 0 Å². The van der Waals surface area contributed by atoms with Gasteiger partial charge in [0.15, 0.2) is 5.82 Å². The van der Waals surface area contributed by atoms with Crippen molar-refractivity contribution in [3.63, 3.8) is 0 Å². The highest BCUT2D eigenvalue weighted by Crippen LogP contribution is 2.30. The van der Waals surface area contributed by atoms with Crippen LogP contribution in [0.5, 0.6) is 5.88 Å². The summed E-state index contributed by atoms with van der Waals surface area (Å²) in [4.78, 5) is 19.5. The summed E-state index contributed by atoms with van der Waals surface area (Å²) >= 11 is 0. The molecular weight excluding hydrogens is 406 g/mol. The molecule has 0 saturated carbocycles. The summed E-state index contributed by atoms with van der Waals surface area (Å²) in [5, 5.41) is 12.1. The maximum absolute atomic E-state index is 13.1. The van der Waals surface area contributed by atoms with E-state index in [0.717, 1.165) is 42.3 Å². The van der Waals surface area contributed by atoms with E-state index >= 15 is 0 Å². The second-order valence-electron chi connectivity index (χ2n) is 8.65. The Balaban J connectivity index is 1.62. The molecule has 0 aliphatic carbocycles. The molecular formula is C24H31N5O3. The van der Waals surface area contributed by atoms with E-state index in [4.69, 9.17) is 9.47 Å². The number of nitrogens with zero attached hydrogens (tertiary/aromatic N) is 3. The van der Waals surface area contributed by atoms with Crippen molar-refractivity contribution in [2.45, 2.75) is 52.2 Å². The number of rotatable bonds is 7. The van der Waals surface area contributed by atoms with E-state index in [1.54, 1.807) is 4.90 Å². The van der Waals surface area contributed by atoms with Gasteiger partial charge in [-0.3, -0.25) is 9.89 Å². The number of aromatic nitrogens is 3. The lowest BCUT2D eigenvalue weighted by atomic mass is 10.1. The molecule has 3 heterocycles. The van der Waals surface area contributed by atoms with Crippen molar-refractivity contribution >= 4 is 28.3 Å². The Morgan fingerprint density at radius 2 is 2.12 bits per heavy atom. The molecule has 1 unspecified atom stereocenters. The number of hydrogen-bond donors (Lipinski definition) is 2. The minimum absolute atomic E-state index is 0.0263. The zero-order valence-electron chi connectivity index (χ0n) is 19.1. The van der Waals surface area contributed by atoms with Gasteiger partial charge in [0, 0.05) is 42.9 Å². The van der Waals surface area contributed by atoms with E-state index in [9.17, 15) is 4.79 Å². The first kappa shape index (κ1) is 22.1. The molecule has 32 heavy (non-hydrogen) atoms. The zero-order chi connectivity index (χ0) is 22.7. The number of aryl methyl sites for hydroxylation is 1. The highest BCUT2D eigenvalue weighted by Gasteiger charge is 2.20. The number of carbonyl (C=O) groups is 1. The van der Waals surface area contributed by atoms with Crippen LogP contribution in [-0.2, 0) is 4.74 Å². The molecule has 2 aromatic heterocycles. The molecule has 0 spiro atoms. The molecule has 3 aromatic rings. The fraction of sp³-hybridized carbons (Fsp3) is 0.458. The van der Waals surface area contributed by atoms with Crippen LogP contribution in [0.15, 0.2) is 30.3 Å². The third-order valence-corrected chi connectivity index (χ3v) is 5.45. The largest absolute Gasteiger partial charge is 0.474 e. The van der Waals surface area contributed by atoms with Crippen LogP contribution in [0.25, 0.3) is 10.8 Å². The number of ether oxygens (including phenoxy) is 2. The summed E-state index contributed by atoms with van der Waals surface area (Å²) in [5.74, 6) is 1.77. The molecule has 1 saturated heterocycles. The van der Waals surface area contributed by atoms with Crippen LogP contribution in [0.1, 0.15) is 49.2 Å². The minimum atomic E-state index is -0.0310. The first-order valence-corrected chi connectivity index (χ1v) is 11.2. The van der Waals surface area contributed by atoms with Crippen molar-refractivity contribution in [1.29, 1.82) is 0 Å². The Morgan fingerprint density at radius 1 is 1.28 bits per heavy atom. The van der Waals surface area contributed by atoms with Crippen molar-refractivity contribution in [2.75, 3.05) is 25.5 Å². The zero-order valence-corrected chi connectivity index (χ0v) is 19.1. The van der Waals surface area contributed by atoms with E-state index in [0.29, 0.717) is 29.6 Å². The molecule has 1 aromatic carbocycles. The van der Waals surface area contributed by atoms with Crippen molar-refractivity contribution in [3.8, 4) is 5.88 Å². The highest BCUT2D eigenvalue weighted by molar-refractivity contribution is 6.00. The molecule has 1 aliphatic rings. The first-order chi connectivity index (χ1) is 15.4. The van der Waals surface area contributed by atoms with Gasteiger partial charge in [-0.15, -0.1) is 0 Å². The van der Waals surface area contributed by atoms with Gasteiger partial charge in [-0.25, -0.2) is 0 Å². The van der Waals surface area contributed by atoms with E-state index < -0.39 is 0 Å². The van der Waals surface area contributed by atoms with Gasteiger partial charge in [-0.05, 0) is 69.7 Å². The lowest BCUT2D eigenvalue weighted by Crippen LogP contribution is -2.37. The molecule has 4 rings (SSSR count). The van der Waals surface area contributed by atoms with Crippen LogP contribution in [0.4, 0.5) is 11.6 Å². The Morgan fingerprint density at radius 3 is 2.81 bits per heavy atom. The van der Waals surface area contributed by atoms with Crippen molar-refractivity contribution < 1.29 is 14.3 Å². The number of benzene rings is 1. The Bertz CT molecular complexity index is 1090. The van der Waals surface area contributed by atoms with Gasteiger partial charge in [0.2, 0.25) is 5.88 Å². The van der Waals surface area contributed by atoms with Gasteiger partial charge in [0.1, 0.15) is 5.82 Å². The van der Waals surface area contributed by atoms with Gasteiger partial charge < -0.3 is 19.7 Å². The second-order valence-corrected chi connectivity index (χ2v) is 8.65. The Kier molecular flexibility index (Phi) is 6.60. The number of H-pyrrole nitrogens is 1. The first-order valence-electron chi connectivity index (χ1n) is 11.2. The summed E-state index contributed by atoms with van der Waals surface area (Å²) in [6, 6.07) is 9.44. The van der Waals surface area contributed by atoms with E-state index in [-0.39, 0.29) is 18.1 Å². The van der Waals surface area contributed by atoms with Crippen LogP contribution in [0.2, 0.25) is 0 Å². The number of nitrogens with one attached hydrogen (secondary N) is 2. The topological polar surface area (TPSA) is 92.4 Å². The number of carbonyl (C=O) groups excluding carboxylic acids is 1. The maximum atomic E-state index is 13.1. The van der Waals surface area contributed by atoms with Crippen LogP contribution in [0, 0.1) is 6.92 Å². The summed E-state index contributed by atoms with van der Waals surface area (Å²) in [6.07, 6.45) is 3.33. The molecule has 1 aliphatic heterocycles. The third kappa shape index (κ3) is 5.19. The monoisotopic (exact) mass is 437 g/mol. The maximum Gasteiger partial charge on any atom is 0.253 e. The third-order valence-electron chi connectivity index (χ3n) is 5.45. The highest BCUT2D eigenvalue weighted by atomic mass is 16.5. The van der Waals surface area contributed by atoms with Gasteiger partial charge >= 0.3 is 0 Å². The number of pyridine rings is 1. The Labute approximate surface area is 188 Å². The Hall–Kier alpha value is -3.13. The van der Waals surface area contributed by atoms with Crippen molar-refractivity contribution in [3.05, 3.63) is 41.6 Å². The van der Waals surface area contributed by atoms with E-state index in [1.165, 1.54) is 0 Å². The van der Waals surface area contributed by atoms with Crippen LogP contribution < -0.4 is 10.1 Å². The summed E-state index contributed by atoms with van der Waals surface area (Å²) in [6.45, 7) is 7.24. The quantitative estimate of drug-likeness (QED) is 0.568. The summed E-state index contributed by atoms with van der Waals surface area (Å²) in [7, 11) is 1.83. The molecule has 8 heteroatoms. The van der Waals surface area contributed by atoms with Gasteiger partial charge in [0.05, 0.1) is 12.2 Å². The number of likely N-dealkylation sites (N-methyl/N-ethyl adjacent to an activating group) is 1. The lowest BCUT2D eigenvalue weighted by Gasteiger charge is -2.27. The molecule has 0 bridgehead atoms. The van der Waals surface area contributed by atoms with Gasteiger partial charge in [-0.2, -0.15) is 10.1 Å². The van der Waals surface area contributed by atoms with Crippen LogP contribution in [0.3, 0.4) is 0 Å². The SMILES string of the molecule is Cc1cc(Nc2cc3cc(C(=O)N(C)CC4CCCCO4)ccc3c(OC(C)C)n2)n[nH]1. The number of fused-ring (bicyclic) bond motifs is 1. The summed E-state index contributed by atoms with van der Waals surface area (Å²) < 4.78 is 11.8. The fourth-order valence-electron chi connectivity index (χ4n) is 3.91. The molecule has 1 atom stereocenters. The number of aromatic amines is 1. The fourth-order valence-corrected chi connectivity index (χ4v) is 3.91. The van der Waals surface area contributed by atoms with E-state index in [2.05, 4.69) is 20.5 Å². The molecule has 2 N–H and O–H groups in total. The molecule has 170 valence electrons. The van der Waals surface area contributed by atoms with Crippen molar-refractivity contribution in [1.82, 2.24) is 20.1 Å². The van der Waals surface area contributed by atoms with Gasteiger partial charge in [0.25, 0.3) is 5.91 Å². The molecule has 8 nitrogen and oxygen atoms in total. The predicted molar refractivity (Wildman–Crippen MR) is 125 cm³/mol. The number of anilines is 2.